The van der Waals surface area contributed by atoms with Gasteiger partial charge in [0.05, 0.1) is 6.26 Å². The van der Waals surface area contributed by atoms with Gasteiger partial charge in [0.15, 0.2) is 0 Å². The number of benzene rings is 1. The van der Waals surface area contributed by atoms with Gasteiger partial charge in [-0.1, -0.05) is 30.3 Å². The second kappa shape index (κ2) is 3.02. The molecule has 74 valence electrons. The molecule has 1 heterocycles. The first-order chi connectivity index (χ1) is 7.36. The summed E-state index contributed by atoms with van der Waals surface area (Å²) in [4.78, 5) is 0. The van der Waals surface area contributed by atoms with Crippen LogP contribution in [0, 0.1) is 0 Å². The monoisotopic (exact) mass is 198 g/mol. The van der Waals surface area contributed by atoms with E-state index >= 15 is 0 Å². The lowest BCUT2D eigenvalue weighted by molar-refractivity contribution is 0.265. The first-order valence-corrected chi connectivity index (χ1v) is 4.89. The molecule has 2 nitrogen and oxygen atoms in total. The van der Waals surface area contributed by atoms with Gasteiger partial charge in [-0.2, -0.15) is 0 Å². The number of allylic oxidation sites excluding steroid dienone is 2. The third kappa shape index (κ3) is 1.18. The maximum atomic E-state index is 9.83. The molecule has 1 aromatic rings. The van der Waals surface area contributed by atoms with Gasteiger partial charge in [0, 0.05) is 10.8 Å². The third-order valence-corrected chi connectivity index (χ3v) is 2.69. The molecule has 0 fully saturated rings. The Morgan fingerprint density at radius 3 is 3.00 bits per heavy atom. The summed E-state index contributed by atoms with van der Waals surface area (Å²) in [6, 6.07) is 7.90. The molecular weight excluding hydrogens is 188 g/mol. The zero-order chi connectivity index (χ0) is 10.3. The van der Waals surface area contributed by atoms with Crippen molar-refractivity contribution in [3.8, 4) is 0 Å². The van der Waals surface area contributed by atoms with Gasteiger partial charge in [0.2, 0.25) is 0 Å². The van der Waals surface area contributed by atoms with Crippen LogP contribution in [0.1, 0.15) is 0 Å². The summed E-state index contributed by atoms with van der Waals surface area (Å²) in [5.74, 6) is 0.294. The maximum absolute atomic E-state index is 9.83. The Hall–Kier alpha value is -1.96. The van der Waals surface area contributed by atoms with E-state index in [0.29, 0.717) is 5.76 Å². The van der Waals surface area contributed by atoms with E-state index in [1.54, 1.807) is 12.3 Å². The van der Waals surface area contributed by atoms with Crippen LogP contribution >= 0.6 is 0 Å². The van der Waals surface area contributed by atoms with E-state index < -0.39 is 0 Å². The summed E-state index contributed by atoms with van der Waals surface area (Å²) in [6.45, 7) is 0. The first-order valence-electron chi connectivity index (χ1n) is 4.89. The van der Waals surface area contributed by atoms with Crippen molar-refractivity contribution in [2.75, 3.05) is 0 Å². The molecule has 1 unspecified atom stereocenters. The lowest BCUT2D eigenvalue weighted by Gasteiger charge is -2.22. The number of hydrogen-bond donors (Lipinski definition) is 1. The van der Waals surface area contributed by atoms with Gasteiger partial charge in [0.25, 0.3) is 0 Å². The highest BCUT2D eigenvalue weighted by Crippen LogP contribution is 2.21. The Balaban J connectivity index is 2.42. The highest BCUT2D eigenvalue weighted by atomic mass is 16.5. The van der Waals surface area contributed by atoms with Gasteiger partial charge in [-0.05, 0) is 17.4 Å². The first kappa shape index (κ1) is 8.36. The van der Waals surface area contributed by atoms with E-state index in [9.17, 15) is 5.11 Å². The zero-order valence-electron chi connectivity index (χ0n) is 8.05. The molecule has 0 bridgehead atoms. The largest absolute Gasteiger partial charge is 0.507 e. The van der Waals surface area contributed by atoms with Gasteiger partial charge in [0.1, 0.15) is 11.9 Å². The predicted octanol–water partition coefficient (Wildman–Crippen LogP) is 0.986. The van der Waals surface area contributed by atoms with Crippen LogP contribution in [-0.2, 0) is 4.74 Å². The van der Waals surface area contributed by atoms with Crippen molar-refractivity contribution in [1.82, 2.24) is 0 Å². The molecule has 2 aliphatic rings. The van der Waals surface area contributed by atoms with Gasteiger partial charge < -0.3 is 9.84 Å². The van der Waals surface area contributed by atoms with Crippen LogP contribution < -0.4 is 10.4 Å². The molecule has 1 atom stereocenters. The molecule has 3 rings (SSSR count). The fraction of sp³-hybridized carbons (Fsp3) is 0.0769. The van der Waals surface area contributed by atoms with Crippen LogP contribution in [0.2, 0.25) is 0 Å². The number of hydrogen-bond acceptors (Lipinski definition) is 2. The van der Waals surface area contributed by atoms with E-state index in [2.05, 4.69) is 0 Å². The van der Waals surface area contributed by atoms with Crippen molar-refractivity contribution >= 4 is 11.8 Å². The Morgan fingerprint density at radius 1 is 1.20 bits per heavy atom. The van der Waals surface area contributed by atoms with Gasteiger partial charge >= 0.3 is 0 Å². The number of fused-ring (bicyclic) bond motifs is 2. The van der Waals surface area contributed by atoms with E-state index in [-0.39, 0.29) is 6.10 Å². The zero-order valence-corrected chi connectivity index (χ0v) is 8.05. The second-order valence-corrected chi connectivity index (χ2v) is 3.61. The lowest BCUT2D eigenvalue weighted by atomic mass is 9.97. The van der Waals surface area contributed by atoms with Crippen molar-refractivity contribution < 1.29 is 9.84 Å². The fourth-order valence-electron chi connectivity index (χ4n) is 1.98. The Bertz CT molecular complexity index is 579. The molecule has 15 heavy (non-hydrogen) atoms. The number of aliphatic hydroxyl groups is 1. The molecule has 1 N–H and O–H groups in total. The molecule has 0 saturated heterocycles. The van der Waals surface area contributed by atoms with E-state index in [1.807, 2.05) is 36.4 Å². The average molecular weight is 198 g/mol. The molecule has 1 aliphatic carbocycles. The van der Waals surface area contributed by atoms with Crippen molar-refractivity contribution in [1.29, 1.82) is 0 Å². The molecule has 1 aliphatic heterocycles. The molecule has 2 heteroatoms. The van der Waals surface area contributed by atoms with Crippen LogP contribution in [0.3, 0.4) is 0 Å². The van der Waals surface area contributed by atoms with Crippen LogP contribution in [0.25, 0.3) is 11.8 Å². The Kier molecular flexibility index (Phi) is 1.68. The molecule has 0 aromatic heterocycles. The van der Waals surface area contributed by atoms with Crippen molar-refractivity contribution in [2.45, 2.75) is 6.10 Å². The average Bonchev–Trinajstić information content (AvgIpc) is 2.29. The summed E-state index contributed by atoms with van der Waals surface area (Å²) in [5, 5.41) is 11.9. The molecule has 0 saturated carbocycles. The Morgan fingerprint density at radius 2 is 2.07 bits per heavy atom. The summed E-state index contributed by atoms with van der Waals surface area (Å²) in [7, 11) is 0. The second-order valence-electron chi connectivity index (χ2n) is 3.61. The highest BCUT2D eigenvalue weighted by Gasteiger charge is 2.21. The van der Waals surface area contributed by atoms with Gasteiger partial charge in [-0.3, -0.25) is 0 Å². The normalized spacial score (nSPS) is 22.0. The molecule has 1 aromatic carbocycles. The summed E-state index contributed by atoms with van der Waals surface area (Å²) < 4.78 is 5.53. The quantitative estimate of drug-likeness (QED) is 0.673. The van der Waals surface area contributed by atoms with Crippen LogP contribution in [0.5, 0.6) is 0 Å². The third-order valence-electron chi connectivity index (χ3n) is 2.69. The van der Waals surface area contributed by atoms with Crippen molar-refractivity contribution in [3.05, 3.63) is 58.7 Å². The minimum atomic E-state index is -0.148. The minimum Gasteiger partial charge on any atom is -0.507 e. The van der Waals surface area contributed by atoms with E-state index in [1.165, 1.54) is 0 Å². The predicted molar refractivity (Wildman–Crippen MR) is 58.3 cm³/mol. The minimum absolute atomic E-state index is 0.148. The SMILES string of the molecule is OC1=CC=CC2OC=c3ccccc3=C12. The number of rotatable bonds is 0. The molecule has 0 radical (unpaired) electrons. The van der Waals surface area contributed by atoms with Crippen molar-refractivity contribution in [2.24, 2.45) is 0 Å². The molecular formula is C13H10O2. The van der Waals surface area contributed by atoms with Gasteiger partial charge in [-0.15, -0.1) is 0 Å². The fourth-order valence-corrected chi connectivity index (χ4v) is 1.98. The summed E-state index contributed by atoms with van der Waals surface area (Å²) in [6.07, 6.45) is 7.03. The van der Waals surface area contributed by atoms with Crippen molar-refractivity contribution in [3.63, 3.8) is 0 Å². The van der Waals surface area contributed by atoms with Crippen LogP contribution in [0.15, 0.2) is 48.3 Å². The maximum Gasteiger partial charge on any atom is 0.146 e. The lowest BCUT2D eigenvalue weighted by Crippen LogP contribution is -2.36. The number of aliphatic hydroxyl groups excluding tert-OH is 1. The number of ether oxygens (including phenoxy) is 1. The van der Waals surface area contributed by atoms with E-state index in [0.717, 1.165) is 16.0 Å². The summed E-state index contributed by atoms with van der Waals surface area (Å²) >= 11 is 0. The highest BCUT2D eigenvalue weighted by molar-refractivity contribution is 5.70. The molecule has 0 spiro atoms. The summed E-state index contributed by atoms with van der Waals surface area (Å²) in [5.41, 5.74) is 0.857. The standard InChI is InChI=1S/C13H10O2/c14-11-6-3-7-12-13(11)10-5-2-1-4-9(10)8-15-12/h1-8,12,14H. The van der Waals surface area contributed by atoms with E-state index in [4.69, 9.17) is 4.74 Å². The Labute approximate surface area is 87.1 Å². The van der Waals surface area contributed by atoms with Crippen LogP contribution in [0.4, 0.5) is 0 Å². The smallest absolute Gasteiger partial charge is 0.146 e. The van der Waals surface area contributed by atoms with Gasteiger partial charge in [-0.25, -0.2) is 0 Å². The molecule has 0 amide bonds. The topological polar surface area (TPSA) is 29.5 Å². The van der Waals surface area contributed by atoms with Crippen LogP contribution in [-0.4, -0.2) is 11.2 Å².